The molecule has 1 N–H and O–H groups in total. The number of hydrogen-bond acceptors (Lipinski definition) is 4. The van der Waals surface area contributed by atoms with Gasteiger partial charge in [-0.25, -0.2) is 0 Å². The Labute approximate surface area is 164 Å². The van der Waals surface area contributed by atoms with Crippen molar-refractivity contribution in [2.24, 2.45) is 0 Å². The van der Waals surface area contributed by atoms with Gasteiger partial charge in [-0.15, -0.1) is 11.8 Å². The molecule has 0 bridgehead atoms. The lowest BCUT2D eigenvalue weighted by atomic mass is 10.2. The van der Waals surface area contributed by atoms with Crippen molar-refractivity contribution in [3.05, 3.63) is 54.1 Å². The zero-order valence-electron chi connectivity index (χ0n) is 15.4. The number of aryl methyl sites for hydroxylation is 1. The van der Waals surface area contributed by atoms with Gasteiger partial charge in [0.2, 0.25) is 5.91 Å². The number of carbonyl (C=O) groups is 2. The van der Waals surface area contributed by atoms with E-state index in [4.69, 9.17) is 4.74 Å². The molecule has 27 heavy (non-hydrogen) atoms. The first kappa shape index (κ1) is 19.3. The van der Waals surface area contributed by atoms with E-state index < -0.39 is 0 Å². The summed E-state index contributed by atoms with van der Waals surface area (Å²) < 4.78 is 5.52. The highest BCUT2D eigenvalue weighted by Crippen LogP contribution is 2.23. The number of nitrogens with one attached hydrogen (secondary N) is 1. The van der Waals surface area contributed by atoms with Crippen molar-refractivity contribution in [1.82, 2.24) is 5.32 Å². The summed E-state index contributed by atoms with van der Waals surface area (Å²) in [5.74, 6) is 1.45. The first-order valence-corrected chi connectivity index (χ1v) is 10.1. The number of rotatable bonds is 8. The molecule has 3 rings (SSSR count). The Bertz CT molecular complexity index is 775. The quantitative estimate of drug-likeness (QED) is 0.560. The van der Waals surface area contributed by atoms with Gasteiger partial charge in [-0.05, 0) is 49.7 Å². The fourth-order valence-electron chi connectivity index (χ4n) is 2.84. The van der Waals surface area contributed by atoms with Crippen molar-refractivity contribution in [2.45, 2.75) is 24.7 Å². The average Bonchev–Trinajstić information content (AvgIpc) is 3.11. The van der Waals surface area contributed by atoms with Crippen LogP contribution in [0, 0.1) is 6.92 Å². The topological polar surface area (TPSA) is 58.6 Å². The Morgan fingerprint density at radius 3 is 2.56 bits per heavy atom. The van der Waals surface area contributed by atoms with Gasteiger partial charge in [0.05, 0.1) is 0 Å². The van der Waals surface area contributed by atoms with E-state index in [0.29, 0.717) is 18.7 Å². The van der Waals surface area contributed by atoms with E-state index in [1.807, 2.05) is 12.1 Å². The van der Waals surface area contributed by atoms with Crippen LogP contribution in [0.25, 0.3) is 0 Å². The van der Waals surface area contributed by atoms with Crippen LogP contribution in [0.2, 0.25) is 0 Å². The molecule has 142 valence electrons. The molecule has 0 saturated carbocycles. The Morgan fingerprint density at radius 2 is 1.89 bits per heavy atom. The predicted octanol–water partition coefficient (Wildman–Crippen LogP) is 3.41. The number of ether oxygens (including phenoxy) is 1. The summed E-state index contributed by atoms with van der Waals surface area (Å²) in [6.45, 7) is 3.41. The maximum absolute atomic E-state index is 11.9. The molecular weight excluding hydrogens is 360 g/mol. The number of nitrogens with zero attached hydrogens (tertiary/aromatic N) is 1. The van der Waals surface area contributed by atoms with Crippen molar-refractivity contribution in [2.75, 3.05) is 30.3 Å². The monoisotopic (exact) mass is 384 g/mol. The van der Waals surface area contributed by atoms with Gasteiger partial charge >= 0.3 is 0 Å². The van der Waals surface area contributed by atoms with Crippen molar-refractivity contribution in [1.29, 1.82) is 0 Å². The van der Waals surface area contributed by atoms with Crippen molar-refractivity contribution in [3.8, 4) is 5.75 Å². The second-order valence-electron chi connectivity index (χ2n) is 6.44. The molecule has 2 aromatic carbocycles. The van der Waals surface area contributed by atoms with Crippen molar-refractivity contribution >= 4 is 29.3 Å². The smallest absolute Gasteiger partial charge is 0.257 e. The van der Waals surface area contributed by atoms with E-state index in [0.717, 1.165) is 24.4 Å². The fourth-order valence-corrected chi connectivity index (χ4v) is 3.61. The number of anilines is 1. The molecule has 0 unspecified atom stereocenters. The SMILES string of the molecule is Cc1ccc(SCCNC(=O)COc2ccc(N3CCCC3=O)cc2)cc1. The van der Waals surface area contributed by atoms with Gasteiger partial charge in [-0.2, -0.15) is 0 Å². The van der Waals surface area contributed by atoms with Gasteiger partial charge in [0.15, 0.2) is 6.61 Å². The van der Waals surface area contributed by atoms with Gasteiger partial charge in [-0.1, -0.05) is 17.7 Å². The number of benzene rings is 2. The Balaban J connectivity index is 1.35. The lowest BCUT2D eigenvalue weighted by Gasteiger charge is -2.16. The molecule has 0 spiro atoms. The van der Waals surface area contributed by atoms with E-state index >= 15 is 0 Å². The van der Waals surface area contributed by atoms with Crippen LogP contribution in [0.3, 0.4) is 0 Å². The van der Waals surface area contributed by atoms with E-state index in [1.165, 1.54) is 10.5 Å². The third-order valence-electron chi connectivity index (χ3n) is 4.31. The van der Waals surface area contributed by atoms with Gasteiger partial charge in [0.1, 0.15) is 5.75 Å². The molecule has 0 aliphatic carbocycles. The molecule has 2 amide bonds. The Kier molecular flexibility index (Phi) is 6.76. The van der Waals surface area contributed by atoms with E-state index in [-0.39, 0.29) is 18.4 Å². The Hall–Kier alpha value is -2.47. The van der Waals surface area contributed by atoms with Crippen LogP contribution >= 0.6 is 11.8 Å². The molecule has 1 aliphatic heterocycles. The van der Waals surface area contributed by atoms with Crippen LogP contribution in [-0.4, -0.2) is 37.3 Å². The van der Waals surface area contributed by atoms with E-state index in [1.54, 1.807) is 28.8 Å². The molecule has 0 aromatic heterocycles. The van der Waals surface area contributed by atoms with Gasteiger partial charge in [0.25, 0.3) is 5.91 Å². The van der Waals surface area contributed by atoms with Crippen molar-refractivity contribution in [3.63, 3.8) is 0 Å². The highest BCUT2D eigenvalue weighted by molar-refractivity contribution is 7.99. The highest BCUT2D eigenvalue weighted by atomic mass is 32.2. The molecule has 1 heterocycles. The highest BCUT2D eigenvalue weighted by Gasteiger charge is 2.21. The van der Waals surface area contributed by atoms with Gasteiger partial charge in [0, 0.05) is 35.8 Å². The average molecular weight is 385 g/mol. The Morgan fingerprint density at radius 1 is 1.15 bits per heavy atom. The zero-order valence-corrected chi connectivity index (χ0v) is 16.3. The maximum Gasteiger partial charge on any atom is 0.257 e. The van der Waals surface area contributed by atoms with Crippen LogP contribution in [0.15, 0.2) is 53.4 Å². The lowest BCUT2D eigenvalue weighted by Crippen LogP contribution is -2.30. The van der Waals surface area contributed by atoms with E-state index in [2.05, 4.69) is 36.5 Å². The largest absolute Gasteiger partial charge is 0.484 e. The van der Waals surface area contributed by atoms with Crippen LogP contribution in [-0.2, 0) is 9.59 Å². The summed E-state index contributed by atoms with van der Waals surface area (Å²) >= 11 is 1.71. The summed E-state index contributed by atoms with van der Waals surface area (Å²) in [5, 5.41) is 2.86. The summed E-state index contributed by atoms with van der Waals surface area (Å²) in [5.41, 5.74) is 2.12. The molecule has 0 radical (unpaired) electrons. The number of hydrogen-bond donors (Lipinski definition) is 1. The lowest BCUT2D eigenvalue weighted by molar-refractivity contribution is -0.123. The summed E-state index contributed by atoms with van der Waals surface area (Å²) in [6.07, 6.45) is 1.51. The minimum Gasteiger partial charge on any atom is -0.484 e. The van der Waals surface area contributed by atoms with Crippen molar-refractivity contribution < 1.29 is 14.3 Å². The second-order valence-corrected chi connectivity index (χ2v) is 7.61. The third-order valence-corrected chi connectivity index (χ3v) is 5.32. The molecule has 1 aliphatic rings. The molecule has 6 heteroatoms. The predicted molar refractivity (Wildman–Crippen MR) is 108 cm³/mol. The van der Waals surface area contributed by atoms with Crippen LogP contribution < -0.4 is 15.0 Å². The standard InChI is InChI=1S/C21H24N2O3S/c1-16-4-10-19(11-5-16)27-14-12-22-20(24)15-26-18-8-6-17(7-9-18)23-13-2-3-21(23)25/h4-11H,2-3,12-15H2,1H3,(H,22,24). The third kappa shape index (κ3) is 5.76. The number of thioether (sulfide) groups is 1. The van der Waals surface area contributed by atoms with Gasteiger partial charge < -0.3 is 15.0 Å². The normalized spacial score (nSPS) is 13.7. The first-order chi connectivity index (χ1) is 13.1. The van der Waals surface area contributed by atoms with Gasteiger partial charge in [-0.3, -0.25) is 9.59 Å². The molecule has 2 aromatic rings. The summed E-state index contributed by atoms with van der Waals surface area (Å²) in [7, 11) is 0. The number of amides is 2. The molecule has 1 fully saturated rings. The molecule has 0 atom stereocenters. The minimum absolute atomic E-state index is 0.0167. The summed E-state index contributed by atoms with van der Waals surface area (Å²) in [6, 6.07) is 15.6. The molecule has 5 nitrogen and oxygen atoms in total. The van der Waals surface area contributed by atoms with Crippen LogP contribution in [0.4, 0.5) is 5.69 Å². The van der Waals surface area contributed by atoms with Crippen LogP contribution in [0.5, 0.6) is 5.75 Å². The molecular formula is C21H24N2O3S. The second kappa shape index (κ2) is 9.46. The first-order valence-electron chi connectivity index (χ1n) is 9.11. The summed E-state index contributed by atoms with van der Waals surface area (Å²) in [4.78, 5) is 26.6. The maximum atomic E-state index is 11.9. The van der Waals surface area contributed by atoms with E-state index in [9.17, 15) is 9.59 Å². The fraction of sp³-hybridized carbons (Fsp3) is 0.333. The zero-order chi connectivity index (χ0) is 19.1. The minimum atomic E-state index is -0.140. The molecule has 1 saturated heterocycles. The van der Waals surface area contributed by atoms with Crippen LogP contribution in [0.1, 0.15) is 18.4 Å². The number of carbonyl (C=O) groups excluding carboxylic acids is 2.